The molecule has 2 nitrogen and oxygen atoms in total. The van der Waals surface area contributed by atoms with Gasteiger partial charge >= 0.3 is 0 Å². The molecule has 6 rings (SSSR count). The van der Waals surface area contributed by atoms with Crippen molar-refractivity contribution in [2.75, 3.05) is 0 Å². The van der Waals surface area contributed by atoms with Gasteiger partial charge in [-0.2, -0.15) is 0 Å². The monoisotopic (exact) mass is 474 g/mol. The van der Waals surface area contributed by atoms with Crippen LogP contribution in [0.15, 0.2) is 60.8 Å². The van der Waals surface area contributed by atoms with Crippen molar-refractivity contribution in [3.8, 4) is 22.8 Å². The summed E-state index contributed by atoms with van der Waals surface area (Å²) in [5.41, 5.74) is 6.68. The van der Waals surface area contributed by atoms with Crippen molar-refractivity contribution in [3.63, 3.8) is 0 Å². The quantitative estimate of drug-likeness (QED) is 0.184. The van der Waals surface area contributed by atoms with Gasteiger partial charge in [0, 0.05) is 17.0 Å². The van der Waals surface area contributed by atoms with E-state index in [-0.39, 0.29) is 5.41 Å². The average molecular weight is 475 g/mol. The van der Waals surface area contributed by atoms with Gasteiger partial charge in [-0.1, -0.05) is 77.1 Å². The van der Waals surface area contributed by atoms with E-state index in [0.29, 0.717) is 5.92 Å². The highest BCUT2D eigenvalue weighted by Crippen LogP contribution is 2.53. The number of hydrogen-bond donors (Lipinski definition) is 0. The summed E-state index contributed by atoms with van der Waals surface area (Å²) in [6.45, 7) is 13.8. The van der Waals surface area contributed by atoms with Gasteiger partial charge in [-0.15, -0.1) is 0 Å². The number of ether oxygens (including phenoxy) is 1. The Morgan fingerprint density at radius 1 is 0.889 bits per heavy atom. The molecule has 5 aromatic rings. The first-order chi connectivity index (χ1) is 17.1. The first-order valence-corrected chi connectivity index (χ1v) is 13.2. The van der Waals surface area contributed by atoms with Gasteiger partial charge in [0.1, 0.15) is 18.5 Å². The molecule has 182 valence electrons. The van der Waals surface area contributed by atoms with Crippen LogP contribution >= 0.6 is 0 Å². The summed E-state index contributed by atoms with van der Waals surface area (Å²) in [7, 11) is 2.18. The van der Waals surface area contributed by atoms with Crippen molar-refractivity contribution in [3.05, 3.63) is 77.5 Å². The Labute approximate surface area is 214 Å². The molecule has 1 aliphatic rings. The third-order valence-corrected chi connectivity index (χ3v) is 7.63. The summed E-state index contributed by atoms with van der Waals surface area (Å²) in [5.74, 6) is 2.61. The standard InChI is InChI=1S/C34H36NO/c1-20(2)17-22-11-10-12-23-18-28-31-26(30(22)23)15-16-35(7)32(31)29-21(3)24-13-8-9-14-25(24)27(33(29)36-28)19-34(4,5)6/h8-16,18,20H,17,19H2,1-7H3/q+1. The molecule has 0 saturated heterocycles. The van der Waals surface area contributed by atoms with E-state index in [2.05, 4.69) is 114 Å². The molecule has 1 aromatic heterocycles. The van der Waals surface area contributed by atoms with Gasteiger partial charge in [0.25, 0.3) is 0 Å². The van der Waals surface area contributed by atoms with Gasteiger partial charge in [0.15, 0.2) is 6.20 Å². The van der Waals surface area contributed by atoms with E-state index >= 15 is 0 Å². The molecule has 0 radical (unpaired) electrons. The van der Waals surface area contributed by atoms with Crippen LogP contribution in [0, 0.1) is 18.3 Å². The molecular formula is C34H36NO+. The Morgan fingerprint density at radius 3 is 2.36 bits per heavy atom. The van der Waals surface area contributed by atoms with Crippen molar-refractivity contribution in [1.82, 2.24) is 0 Å². The number of aromatic nitrogens is 1. The van der Waals surface area contributed by atoms with Crippen LogP contribution in [0.2, 0.25) is 0 Å². The van der Waals surface area contributed by atoms with E-state index in [0.717, 1.165) is 24.3 Å². The van der Waals surface area contributed by atoms with Crippen LogP contribution in [0.5, 0.6) is 11.5 Å². The summed E-state index contributed by atoms with van der Waals surface area (Å²) in [4.78, 5) is 0. The predicted octanol–water partition coefficient (Wildman–Crippen LogP) is 8.84. The largest absolute Gasteiger partial charge is 0.455 e. The summed E-state index contributed by atoms with van der Waals surface area (Å²) in [5, 5.41) is 7.78. The Balaban J connectivity index is 1.78. The van der Waals surface area contributed by atoms with E-state index in [1.807, 2.05) is 0 Å². The second-order valence-corrected chi connectivity index (χ2v) is 12.2. The molecule has 1 aliphatic heterocycles. The van der Waals surface area contributed by atoms with Crippen molar-refractivity contribution < 1.29 is 9.30 Å². The highest BCUT2D eigenvalue weighted by atomic mass is 16.5. The predicted molar refractivity (Wildman–Crippen MR) is 152 cm³/mol. The smallest absolute Gasteiger partial charge is 0.228 e. The minimum atomic E-state index is 0.138. The second-order valence-electron chi connectivity index (χ2n) is 12.2. The molecule has 0 bridgehead atoms. The number of benzene rings is 4. The highest BCUT2D eigenvalue weighted by molar-refractivity contribution is 6.17. The number of aryl methyl sites for hydroxylation is 2. The van der Waals surface area contributed by atoms with Crippen molar-refractivity contribution in [2.45, 2.75) is 54.4 Å². The maximum atomic E-state index is 6.99. The zero-order valence-corrected chi connectivity index (χ0v) is 22.6. The van der Waals surface area contributed by atoms with Crippen LogP contribution in [0.3, 0.4) is 0 Å². The summed E-state index contributed by atoms with van der Waals surface area (Å²) in [6.07, 6.45) is 4.26. The number of pyridine rings is 1. The fourth-order valence-corrected chi connectivity index (χ4v) is 6.24. The lowest BCUT2D eigenvalue weighted by molar-refractivity contribution is -0.659. The lowest BCUT2D eigenvalue weighted by atomic mass is 9.81. The molecule has 0 amide bonds. The molecule has 0 atom stereocenters. The van der Waals surface area contributed by atoms with Gasteiger partial charge in [-0.3, -0.25) is 0 Å². The zero-order valence-electron chi connectivity index (χ0n) is 22.6. The Morgan fingerprint density at radius 2 is 1.64 bits per heavy atom. The third kappa shape index (κ3) is 3.50. The van der Waals surface area contributed by atoms with Crippen molar-refractivity contribution in [2.24, 2.45) is 18.4 Å². The summed E-state index contributed by atoms with van der Waals surface area (Å²) >= 11 is 0. The lowest BCUT2D eigenvalue weighted by Crippen LogP contribution is -2.32. The van der Waals surface area contributed by atoms with E-state index in [4.69, 9.17) is 4.74 Å². The molecule has 0 unspecified atom stereocenters. The number of nitrogens with zero attached hydrogens (tertiary/aromatic N) is 1. The normalized spacial score (nSPS) is 13.0. The minimum Gasteiger partial charge on any atom is -0.455 e. The fraction of sp³-hybridized carbons (Fsp3) is 0.324. The third-order valence-electron chi connectivity index (χ3n) is 7.63. The first-order valence-electron chi connectivity index (χ1n) is 13.2. The fourth-order valence-electron chi connectivity index (χ4n) is 6.24. The molecule has 2 heteroatoms. The highest BCUT2D eigenvalue weighted by Gasteiger charge is 2.34. The Hall–Kier alpha value is -3.39. The molecule has 0 saturated carbocycles. The van der Waals surface area contributed by atoms with Crippen LogP contribution in [0.1, 0.15) is 51.3 Å². The molecule has 4 aromatic carbocycles. The van der Waals surface area contributed by atoms with Crippen LogP contribution < -0.4 is 9.30 Å². The summed E-state index contributed by atoms with van der Waals surface area (Å²) in [6, 6.07) is 20.2. The molecule has 0 N–H and O–H groups in total. The number of fused-ring (bicyclic) bond motifs is 5. The van der Waals surface area contributed by atoms with Crippen molar-refractivity contribution >= 4 is 32.3 Å². The SMILES string of the molecule is Cc1c2c(c(CC(C)(C)C)c3ccccc13)Oc1cc3cccc(CC(C)C)c3c3cc[n+](C)c-2c13. The number of hydrogen-bond acceptors (Lipinski definition) is 1. The van der Waals surface area contributed by atoms with Crippen LogP contribution in [-0.2, 0) is 19.9 Å². The van der Waals surface area contributed by atoms with Crippen LogP contribution in [0.25, 0.3) is 43.6 Å². The summed E-state index contributed by atoms with van der Waals surface area (Å²) < 4.78 is 9.28. The minimum absolute atomic E-state index is 0.138. The molecule has 0 aliphatic carbocycles. The lowest BCUT2D eigenvalue weighted by Gasteiger charge is -2.28. The molecule has 0 spiro atoms. The van der Waals surface area contributed by atoms with E-state index in [9.17, 15) is 0 Å². The molecule has 2 heterocycles. The molecule has 36 heavy (non-hydrogen) atoms. The van der Waals surface area contributed by atoms with Crippen LogP contribution in [0.4, 0.5) is 0 Å². The van der Waals surface area contributed by atoms with Crippen molar-refractivity contribution in [1.29, 1.82) is 0 Å². The average Bonchev–Trinajstić information content (AvgIpc) is 2.82. The maximum Gasteiger partial charge on any atom is 0.228 e. The topological polar surface area (TPSA) is 13.1 Å². The van der Waals surface area contributed by atoms with E-state index in [1.165, 1.54) is 60.3 Å². The van der Waals surface area contributed by atoms with Crippen LogP contribution in [-0.4, -0.2) is 0 Å². The second kappa shape index (κ2) is 8.06. The van der Waals surface area contributed by atoms with Gasteiger partial charge in [-0.25, -0.2) is 4.57 Å². The van der Waals surface area contributed by atoms with Gasteiger partial charge in [0.05, 0.1) is 10.9 Å². The number of rotatable bonds is 3. The first kappa shape index (κ1) is 23.0. The zero-order chi connectivity index (χ0) is 25.4. The molecule has 0 fully saturated rings. The maximum absolute atomic E-state index is 6.99. The van der Waals surface area contributed by atoms with Gasteiger partial charge in [0.2, 0.25) is 5.69 Å². The Bertz CT molecular complexity index is 1680. The van der Waals surface area contributed by atoms with E-state index in [1.54, 1.807) is 0 Å². The molecular weight excluding hydrogens is 438 g/mol. The van der Waals surface area contributed by atoms with E-state index < -0.39 is 0 Å². The van der Waals surface area contributed by atoms with Gasteiger partial charge in [-0.05, 0) is 69.8 Å². The van der Waals surface area contributed by atoms with Gasteiger partial charge < -0.3 is 4.74 Å². The Kier molecular flexibility index (Phi) is 5.16.